The van der Waals surface area contributed by atoms with E-state index in [2.05, 4.69) is 0 Å². The van der Waals surface area contributed by atoms with Crippen LogP contribution in [-0.2, 0) is 4.79 Å². The molecule has 0 fully saturated rings. The molecule has 98 valence electrons. The quantitative estimate of drug-likeness (QED) is 0.618. The Labute approximate surface area is 112 Å². The monoisotopic (exact) mass is 256 g/mol. The summed E-state index contributed by atoms with van der Waals surface area (Å²) in [6, 6.07) is 15.1. The number of rotatable bonds is 4. The number of hydrogen-bond donors (Lipinski definition) is 0. The van der Waals surface area contributed by atoms with Gasteiger partial charge in [-0.1, -0.05) is 43.3 Å². The molecule has 0 spiro atoms. The normalized spacial score (nSPS) is 10.0. The van der Waals surface area contributed by atoms with E-state index >= 15 is 0 Å². The highest BCUT2D eigenvalue weighted by molar-refractivity contribution is 5.80. The minimum atomic E-state index is -0.248. The van der Waals surface area contributed by atoms with Gasteiger partial charge in [-0.2, -0.15) is 0 Å². The zero-order valence-electron chi connectivity index (χ0n) is 11.1. The predicted octanol–water partition coefficient (Wildman–Crippen LogP) is 3.68. The van der Waals surface area contributed by atoms with Crippen molar-refractivity contribution in [2.24, 2.45) is 0 Å². The Bertz CT molecular complexity index is 576. The second-order valence-electron chi connectivity index (χ2n) is 4.02. The van der Waals surface area contributed by atoms with Crippen molar-refractivity contribution in [2.75, 3.05) is 7.11 Å². The molecule has 0 heterocycles. The van der Waals surface area contributed by atoms with Gasteiger partial charge in [0.25, 0.3) is 0 Å². The molecule has 0 N–H and O–H groups in total. The molecule has 2 rings (SSSR count). The molecule has 0 aliphatic rings. The Morgan fingerprint density at radius 1 is 0.947 bits per heavy atom. The highest BCUT2D eigenvalue weighted by Gasteiger charge is 2.12. The summed E-state index contributed by atoms with van der Waals surface area (Å²) in [5.74, 6) is 1.06. The Morgan fingerprint density at radius 2 is 1.47 bits per heavy atom. The molecule has 0 atom stereocenters. The SMILES string of the molecule is CCC(=O)Oc1ccccc1-c1ccccc1OC. The predicted molar refractivity (Wildman–Crippen MR) is 74.4 cm³/mol. The molecule has 0 radical (unpaired) electrons. The van der Waals surface area contributed by atoms with Gasteiger partial charge in [0.05, 0.1) is 7.11 Å². The summed E-state index contributed by atoms with van der Waals surface area (Å²) in [6.45, 7) is 1.77. The van der Waals surface area contributed by atoms with Crippen LogP contribution in [0.4, 0.5) is 0 Å². The molecule has 0 bridgehead atoms. The van der Waals surface area contributed by atoms with E-state index in [1.165, 1.54) is 0 Å². The lowest BCUT2D eigenvalue weighted by molar-refractivity contribution is -0.133. The minimum Gasteiger partial charge on any atom is -0.496 e. The number of esters is 1. The number of ether oxygens (including phenoxy) is 2. The van der Waals surface area contributed by atoms with E-state index < -0.39 is 0 Å². The lowest BCUT2D eigenvalue weighted by atomic mass is 10.0. The van der Waals surface area contributed by atoms with E-state index in [0.29, 0.717) is 12.2 Å². The lowest BCUT2D eigenvalue weighted by Gasteiger charge is -2.12. The van der Waals surface area contributed by atoms with Crippen molar-refractivity contribution < 1.29 is 14.3 Å². The zero-order chi connectivity index (χ0) is 13.7. The highest BCUT2D eigenvalue weighted by atomic mass is 16.5. The maximum Gasteiger partial charge on any atom is 0.310 e. The van der Waals surface area contributed by atoms with Gasteiger partial charge in [0.2, 0.25) is 0 Å². The van der Waals surface area contributed by atoms with Gasteiger partial charge in [0.15, 0.2) is 0 Å². The summed E-state index contributed by atoms with van der Waals surface area (Å²) in [4.78, 5) is 11.5. The zero-order valence-corrected chi connectivity index (χ0v) is 11.1. The second kappa shape index (κ2) is 6.05. The largest absolute Gasteiger partial charge is 0.496 e. The van der Waals surface area contributed by atoms with E-state index in [9.17, 15) is 4.79 Å². The summed E-state index contributed by atoms with van der Waals surface area (Å²) in [6.07, 6.45) is 0.347. The molecule has 0 aromatic heterocycles. The van der Waals surface area contributed by atoms with Crippen molar-refractivity contribution in [3.63, 3.8) is 0 Å². The van der Waals surface area contributed by atoms with Crippen molar-refractivity contribution in [2.45, 2.75) is 13.3 Å². The van der Waals surface area contributed by atoms with Gasteiger partial charge < -0.3 is 9.47 Å². The van der Waals surface area contributed by atoms with E-state index in [0.717, 1.165) is 16.9 Å². The smallest absolute Gasteiger partial charge is 0.310 e. The maximum absolute atomic E-state index is 11.5. The van der Waals surface area contributed by atoms with Gasteiger partial charge in [-0.25, -0.2) is 0 Å². The summed E-state index contributed by atoms with van der Waals surface area (Å²) in [5, 5.41) is 0. The molecular formula is C16H16O3. The van der Waals surface area contributed by atoms with Gasteiger partial charge in [-0.05, 0) is 12.1 Å². The highest BCUT2D eigenvalue weighted by Crippen LogP contribution is 2.36. The third-order valence-corrected chi connectivity index (χ3v) is 2.80. The number of hydrogen-bond acceptors (Lipinski definition) is 3. The molecule has 2 aromatic carbocycles. The number of benzene rings is 2. The molecule has 2 aromatic rings. The van der Waals surface area contributed by atoms with Gasteiger partial charge in [-0.3, -0.25) is 4.79 Å². The van der Waals surface area contributed by atoms with E-state index in [1.807, 2.05) is 42.5 Å². The Kier molecular flexibility index (Phi) is 4.18. The molecule has 3 heteroatoms. The van der Waals surface area contributed by atoms with Crippen molar-refractivity contribution in [3.05, 3.63) is 48.5 Å². The van der Waals surface area contributed by atoms with Crippen LogP contribution in [0.25, 0.3) is 11.1 Å². The molecular weight excluding hydrogens is 240 g/mol. The first kappa shape index (κ1) is 13.1. The van der Waals surface area contributed by atoms with Crippen molar-refractivity contribution in [1.29, 1.82) is 0 Å². The van der Waals surface area contributed by atoms with E-state index in [-0.39, 0.29) is 5.97 Å². The molecule has 19 heavy (non-hydrogen) atoms. The van der Waals surface area contributed by atoms with Crippen LogP contribution in [-0.4, -0.2) is 13.1 Å². The first-order valence-electron chi connectivity index (χ1n) is 6.19. The Balaban J connectivity index is 2.47. The fraction of sp³-hybridized carbons (Fsp3) is 0.188. The maximum atomic E-state index is 11.5. The minimum absolute atomic E-state index is 0.248. The first-order valence-corrected chi connectivity index (χ1v) is 6.19. The number of carbonyl (C=O) groups is 1. The average Bonchev–Trinajstić information content (AvgIpc) is 2.47. The molecule has 0 saturated carbocycles. The molecule has 0 aliphatic heterocycles. The van der Waals surface area contributed by atoms with Crippen LogP contribution in [0, 0.1) is 0 Å². The third kappa shape index (κ3) is 2.94. The number of methoxy groups -OCH3 is 1. The lowest BCUT2D eigenvalue weighted by Crippen LogP contribution is -2.06. The fourth-order valence-corrected chi connectivity index (χ4v) is 1.84. The van der Waals surface area contributed by atoms with Crippen LogP contribution in [0.15, 0.2) is 48.5 Å². The molecule has 0 unspecified atom stereocenters. The van der Waals surface area contributed by atoms with Crippen molar-refractivity contribution >= 4 is 5.97 Å². The second-order valence-corrected chi connectivity index (χ2v) is 4.02. The van der Waals surface area contributed by atoms with Crippen LogP contribution in [0.5, 0.6) is 11.5 Å². The first-order chi connectivity index (χ1) is 9.26. The number of para-hydroxylation sites is 2. The van der Waals surface area contributed by atoms with Crippen molar-refractivity contribution in [3.8, 4) is 22.6 Å². The van der Waals surface area contributed by atoms with Crippen LogP contribution in [0.3, 0.4) is 0 Å². The Hall–Kier alpha value is -2.29. The van der Waals surface area contributed by atoms with E-state index in [4.69, 9.17) is 9.47 Å². The van der Waals surface area contributed by atoms with Crippen LogP contribution in [0.1, 0.15) is 13.3 Å². The topological polar surface area (TPSA) is 35.5 Å². The third-order valence-electron chi connectivity index (χ3n) is 2.80. The van der Waals surface area contributed by atoms with Gasteiger partial charge in [0.1, 0.15) is 11.5 Å². The van der Waals surface area contributed by atoms with Gasteiger partial charge in [0, 0.05) is 17.5 Å². The fourth-order valence-electron chi connectivity index (χ4n) is 1.84. The summed E-state index contributed by atoms with van der Waals surface area (Å²) in [7, 11) is 1.62. The molecule has 0 aliphatic carbocycles. The summed E-state index contributed by atoms with van der Waals surface area (Å²) >= 11 is 0. The standard InChI is InChI=1S/C16H16O3/c1-3-16(17)19-15-11-7-5-9-13(15)12-8-4-6-10-14(12)18-2/h4-11H,3H2,1-2H3. The van der Waals surface area contributed by atoms with Crippen molar-refractivity contribution in [1.82, 2.24) is 0 Å². The van der Waals surface area contributed by atoms with Crippen LogP contribution in [0.2, 0.25) is 0 Å². The average molecular weight is 256 g/mol. The molecule has 0 saturated heterocycles. The Morgan fingerprint density at radius 3 is 2.05 bits per heavy atom. The van der Waals surface area contributed by atoms with Crippen LogP contribution < -0.4 is 9.47 Å². The molecule has 0 amide bonds. The van der Waals surface area contributed by atoms with Gasteiger partial charge in [-0.15, -0.1) is 0 Å². The molecule has 3 nitrogen and oxygen atoms in total. The van der Waals surface area contributed by atoms with Gasteiger partial charge >= 0.3 is 5.97 Å². The summed E-state index contributed by atoms with van der Waals surface area (Å²) < 4.78 is 10.7. The van der Waals surface area contributed by atoms with E-state index in [1.54, 1.807) is 20.1 Å². The number of carbonyl (C=O) groups excluding carboxylic acids is 1. The van der Waals surface area contributed by atoms with Crippen LogP contribution >= 0.6 is 0 Å². The summed E-state index contributed by atoms with van der Waals surface area (Å²) in [5.41, 5.74) is 1.76.